The van der Waals surface area contributed by atoms with Crippen molar-refractivity contribution in [2.24, 2.45) is 5.92 Å². The topological polar surface area (TPSA) is 82.5 Å². The highest BCUT2D eigenvalue weighted by molar-refractivity contribution is 7.15. The highest BCUT2D eigenvalue weighted by Gasteiger charge is 2.18. The first-order chi connectivity index (χ1) is 11.4. The predicted octanol–water partition coefficient (Wildman–Crippen LogP) is 3.57. The van der Waals surface area contributed by atoms with Crippen molar-refractivity contribution in [3.05, 3.63) is 45.9 Å². The lowest BCUT2D eigenvalue weighted by Gasteiger charge is -2.19. The number of urea groups is 1. The smallest absolute Gasteiger partial charge is 0.323 e. The number of hydrogen-bond donors (Lipinski definition) is 2. The van der Waals surface area contributed by atoms with E-state index in [4.69, 9.17) is 16.7 Å². The first-order valence-corrected chi connectivity index (χ1v) is 8.49. The van der Waals surface area contributed by atoms with Crippen molar-refractivity contribution in [1.29, 1.82) is 0 Å². The minimum absolute atomic E-state index is 0.124. The van der Waals surface area contributed by atoms with Gasteiger partial charge < -0.3 is 10.0 Å². The summed E-state index contributed by atoms with van der Waals surface area (Å²) in [7, 11) is 1.55. The van der Waals surface area contributed by atoms with E-state index in [0.717, 1.165) is 10.4 Å². The zero-order chi connectivity index (χ0) is 17.7. The average Bonchev–Trinajstić information content (AvgIpc) is 2.96. The molecule has 1 atom stereocenters. The molecule has 0 aliphatic carbocycles. The van der Waals surface area contributed by atoms with Gasteiger partial charge in [0.2, 0.25) is 0 Å². The van der Waals surface area contributed by atoms with Gasteiger partial charge in [-0.2, -0.15) is 0 Å². The number of nitrogens with one attached hydrogen (secondary N) is 1. The molecule has 1 heterocycles. The number of aliphatic carboxylic acids is 1. The summed E-state index contributed by atoms with van der Waals surface area (Å²) in [6.45, 7) is 1.68. The van der Waals surface area contributed by atoms with Gasteiger partial charge in [-0.05, 0) is 11.6 Å². The number of carboxylic acids is 1. The van der Waals surface area contributed by atoms with E-state index in [1.165, 1.54) is 16.2 Å². The van der Waals surface area contributed by atoms with Crippen molar-refractivity contribution in [2.45, 2.75) is 13.3 Å². The molecule has 128 valence electrons. The molecule has 0 radical (unpaired) electrons. The summed E-state index contributed by atoms with van der Waals surface area (Å²) in [5.41, 5.74) is 0.994. The van der Waals surface area contributed by atoms with Crippen LogP contribution in [0.1, 0.15) is 17.4 Å². The molecular formula is C16H18ClN3O3S. The minimum atomic E-state index is -0.939. The highest BCUT2D eigenvalue weighted by atomic mass is 35.5. The molecule has 0 spiro atoms. The lowest BCUT2D eigenvalue weighted by Crippen LogP contribution is -2.36. The fraction of sp³-hybridized carbons (Fsp3) is 0.312. The van der Waals surface area contributed by atoms with Crippen LogP contribution in [0.4, 0.5) is 9.93 Å². The number of carbonyl (C=O) groups excluding carboxylic acids is 1. The minimum Gasteiger partial charge on any atom is -0.481 e. The van der Waals surface area contributed by atoms with Crippen LogP contribution in [0.2, 0.25) is 5.02 Å². The molecule has 0 saturated carbocycles. The Bertz CT molecular complexity index is 735. The van der Waals surface area contributed by atoms with Crippen molar-refractivity contribution < 1.29 is 14.7 Å². The molecule has 2 rings (SSSR count). The third-order valence-electron chi connectivity index (χ3n) is 3.41. The van der Waals surface area contributed by atoms with E-state index in [2.05, 4.69) is 10.3 Å². The average molecular weight is 368 g/mol. The van der Waals surface area contributed by atoms with Crippen LogP contribution < -0.4 is 5.32 Å². The highest BCUT2D eigenvalue weighted by Crippen LogP contribution is 2.24. The third-order valence-corrected chi connectivity index (χ3v) is 4.69. The first kappa shape index (κ1) is 18.2. The Kier molecular flexibility index (Phi) is 6.16. The molecule has 1 aromatic heterocycles. The number of halogens is 1. The largest absolute Gasteiger partial charge is 0.481 e. The molecule has 6 nitrogen and oxygen atoms in total. The Labute approximate surface area is 149 Å². The summed E-state index contributed by atoms with van der Waals surface area (Å²) in [5.74, 6) is -1.57. The van der Waals surface area contributed by atoms with Crippen molar-refractivity contribution in [2.75, 3.05) is 18.9 Å². The van der Waals surface area contributed by atoms with E-state index in [-0.39, 0.29) is 12.6 Å². The van der Waals surface area contributed by atoms with E-state index in [1.54, 1.807) is 20.2 Å². The van der Waals surface area contributed by atoms with Crippen LogP contribution in [-0.4, -0.2) is 40.6 Å². The number of rotatable bonds is 6. The quantitative estimate of drug-likeness (QED) is 0.817. The number of carbonyl (C=O) groups is 2. The Balaban J connectivity index is 1.95. The Morgan fingerprint density at radius 2 is 2.12 bits per heavy atom. The summed E-state index contributed by atoms with van der Waals surface area (Å²) in [4.78, 5) is 29.4. The second kappa shape index (κ2) is 8.12. The van der Waals surface area contributed by atoms with Gasteiger partial charge in [0.05, 0.1) is 5.92 Å². The van der Waals surface area contributed by atoms with Crippen LogP contribution in [0, 0.1) is 5.92 Å². The molecule has 24 heavy (non-hydrogen) atoms. The molecule has 0 fully saturated rings. The second-order valence-corrected chi connectivity index (χ2v) is 6.97. The summed E-state index contributed by atoms with van der Waals surface area (Å²) in [6.07, 6.45) is 2.34. The zero-order valence-electron chi connectivity index (χ0n) is 13.3. The molecule has 2 N–H and O–H groups in total. The number of hydrogen-bond acceptors (Lipinski definition) is 4. The predicted molar refractivity (Wildman–Crippen MR) is 94.8 cm³/mol. The van der Waals surface area contributed by atoms with Crippen molar-refractivity contribution >= 4 is 40.1 Å². The fourth-order valence-electron chi connectivity index (χ4n) is 2.04. The van der Waals surface area contributed by atoms with Crippen LogP contribution in [-0.2, 0) is 11.2 Å². The van der Waals surface area contributed by atoms with E-state index < -0.39 is 11.9 Å². The van der Waals surface area contributed by atoms with E-state index in [1.807, 2.05) is 24.3 Å². The van der Waals surface area contributed by atoms with E-state index in [9.17, 15) is 9.59 Å². The van der Waals surface area contributed by atoms with Crippen molar-refractivity contribution in [3.63, 3.8) is 0 Å². The molecule has 1 unspecified atom stereocenters. The number of thiazole rings is 1. The molecule has 0 saturated heterocycles. The number of carboxylic acid groups (broad SMARTS) is 1. The lowest BCUT2D eigenvalue weighted by molar-refractivity contribution is -0.141. The zero-order valence-corrected chi connectivity index (χ0v) is 14.9. The Morgan fingerprint density at radius 3 is 2.79 bits per heavy atom. The summed E-state index contributed by atoms with van der Waals surface area (Å²) < 4.78 is 0. The van der Waals surface area contributed by atoms with Crippen LogP contribution in [0.5, 0.6) is 0 Å². The molecular weight excluding hydrogens is 350 g/mol. The first-order valence-electron chi connectivity index (χ1n) is 7.30. The number of nitrogens with zero attached hydrogens (tertiary/aromatic N) is 2. The van der Waals surface area contributed by atoms with Gasteiger partial charge in [0, 0.05) is 36.1 Å². The van der Waals surface area contributed by atoms with Gasteiger partial charge in [-0.25, -0.2) is 9.78 Å². The monoisotopic (exact) mass is 367 g/mol. The molecule has 0 aliphatic rings. The maximum Gasteiger partial charge on any atom is 0.323 e. The normalized spacial score (nSPS) is 11.8. The number of aromatic nitrogens is 1. The van der Waals surface area contributed by atoms with E-state index in [0.29, 0.717) is 16.6 Å². The second-order valence-electron chi connectivity index (χ2n) is 5.45. The molecule has 0 aliphatic heterocycles. The van der Waals surface area contributed by atoms with Gasteiger partial charge in [0.1, 0.15) is 0 Å². The van der Waals surface area contributed by atoms with Gasteiger partial charge >= 0.3 is 12.0 Å². The number of amides is 2. The van der Waals surface area contributed by atoms with Gasteiger partial charge in [0.15, 0.2) is 5.13 Å². The van der Waals surface area contributed by atoms with Gasteiger partial charge in [0.25, 0.3) is 0 Å². The van der Waals surface area contributed by atoms with Gasteiger partial charge in [-0.3, -0.25) is 10.1 Å². The lowest BCUT2D eigenvalue weighted by atomic mass is 10.1. The number of benzene rings is 1. The fourth-order valence-corrected chi connectivity index (χ4v) is 3.06. The van der Waals surface area contributed by atoms with Gasteiger partial charge in [-0.15, -0.1) is 11.3 Å². The van der Waals surface area contributed by atoms with Crippen LogP contribution in [0.15, 0.2) is 30.5 Å². The van der Waals surface area contributed by atoms with Gasteiger partial charge in [-0.1, -0.05) is 36.7 Å². The molecule has 1 aromatic carbocycles. The van der Waals surface area contributed by atoms with Crippen LogP contribution >= 0.6 is 22.9 Å². The standard InChI is InChI=1S/C16H18ClN3O3S/c1-10(14(21)22)9-20(2)16(23)19-15-18-8-12(24-15)7-11-5-3-4-6-13(11)17/h3-6,8,10H,7,9H2,1-2H3,(H,21,22)(H,18,19,23). The SMILES string of the molecule is CC(CN(C)C(=O)Nc1ncc(Cc2ccccc2Cl)s1)C(=O)O. The van der Waals surface area contributed by atoms with E-state index >= 15 is 0 Å². The maximum absolute atomic E-state index is 12.1. The Morgan fingerprint density at radius 1 is 1.42 bits per heavy atom. The number of anilines is 1. The van der Waals surface area contributed by atoms with Crippen LogP contribution in [0.25, 0.3) is 0 Å². The molecule has 0 bridgehead atoms. The Hall–Kier alpha value is -2.12. The molecule has 2 aromatic rings. The van der Waals surface area contributed by atoms with Crippen molar-refractivity contribution in [3.8, 4) is 0 Å². The summed E-state index contributed by atoms with van der Waals surface area (Å²) in [5, 5.41) is 12.7. The summed E-state index contributed by atoms with van der Waals surface area (Å²) in [6, 6.07) is 7.18. The maximum atomic E-state index is 12.1. The summed E-state index contributed by atoms with van der Waals surface area (Å²) >= 11 is 7.50. The molecule has 2 amide bonds. The van der Waals surface area contributed by atoms with Crippen LogP contribution in [0.3, 0.4) is 0 Å². The molecule has 8 heteroatoms. The third kappa shape index (κ3) is 4.94. The van der Waals surface area contributed by atoms with Crippen molar-refractivity contribution in [1.82, 2.24) is 9.88 Å².